The Kier molecular flexibility index (Phi) is 8.07. The normalized spacial score (nSPS) is 19.6. The number of piperidine rings is 1. The molecule has 0 spiro atoms. The van der Waals surface area contributed by atoms with E-state index in [-0.39, 0.29) is 22.8 Å². The van der Waals surface area contributed by atoms with Crippen LogP contribution in [0.15, 0.2) is 53.4 Å². The highest BCUT2D eigenvalue weighted by Gasteiger charge is 2.32. The number of nitrogens with one attached hydrogen (secondary N) is 1. The number of amides is 1. The number of hydrogen-bond acceptors (Lipinski definition) is 6. The lowest BCUT2D eigenvalue weighted by molar-refractivity contribution is -0.126. The zero-order chi connectivity index (χ0) is 24.0. The van der Waals surface area contributed by atoms with Crippen LogP contribution in [0.2, 0.25) is 0 Å². The van der Waals surface area contributed by atoms with Gasteiger partial charge in [-0.25, -0.2) is 8.42 Å². The van der Waals surface area contributed by atoms with E-state index in [1.807, 2.05) is 24.3 Å². The summed E-state index contributed by atoms with van der Waals surface area (Å²) in [6, 6.07) is 14.0. The number of rotatable bonds is 9. The van der Waals surface area contributed by atoms with E-state index >= 15 is 0 Å². The van der Waals surface area contributed by atoms with Crippen LogP contribution >= 0.6 is 0 Å². The lowest BCUT2D eigenvalue weighted by Gasteiger charge is -2.30. The van der Waals surface area contributed by atoms with E-state index in [0.717, 1.165) is 30.8 Å². The van der Waals surface area contributed by atoms with Gasteiger partial charge < -0.3 is 19.5 Å². The average molecular weight is 489 g/mol. The van der Waals surface area contributed by atoms with Crippen LogP contribution in [0.4, 0.5) is 0 Å². The quantitative estimate of drug-likeness (QED) is 0.583. The monoisotopic (exact) mass is 488 g/mol. The molecule has 0 aromatic heterocycles. The highest BCUT2D eigenvalue weighted by Crippen LogP contribution is 2.25. The zero-order valence-corrected chi connectivity index (χ0v) is 20.3. The van der Waals surface area contributed by atoms with E-state index in [0.29, 0.717) is 44.8 Å². The first-order valence-corrected chi connectivity index (χ1v) is 13.1. The smallest absolute Gasteiger partial charge is 0.243 e. The lowest BCUT2D eigenvalue weighted by Crippen LogP contribution is -2.42. The van der Waals surface area contributed by atoms with Gasteiger partial charge in [-0.2, -0.15) is 4.31 Å². The van der Waals surface area contributed by atoms with Gasteiger partial charge in [-0.05, 0) is 67.6 Å². The maximum Gasteiger partial charge on any atom is 0.243 e. The van der Waals surface area contributed by atoms with Gasteiger partial charge in [-0.1, -0.05) is 12.1 Å². The predicted molar refractivity (Wildman–Crippen MR) is 127 cm³/mol. The number of benzene rings is 2. The molecule has 2 aromatic rings. The number of nitrogens with zero attached hydrogens (tertiary/aromatic N) is 1. The number of sulfonamides is 1. The Morgan fingerprint density at radius 2 is 1.71 bits per heavy atom. The molecule has 2 aromatic carbocycles. The summed E-state index contributed by atoms with van der Waals surface area (Å²) in [5.74, 6) is 1.16. The summed E-state index contributed by atoms with van der Waals surface area (Å²) >= 11 is 0. The van der Waals surface area contributed by atoms with Crippen LogP contribution in [0.1, 0.15) is 31.2 Å². The van der Waals surface area contributed by atoms with Gasteiger partial charge in [0.1, 0.15) is 18.1 Å². The second-order valence-corrected chi connectivity index (χ2v) is 10.6. The van der Waals surface area contributed by atoms with Crippen molar-refractivity contribution in [1.82, 2.24) is 9.62 Å². The van der Waals surface area contributed by atoms with Gasteiger partial charge in [0.2, 0.25) is 15.9 Å². The van der Waals surface area contributed by atoms with Crippen LogP contribution in [0.5, 0.6) is 11.5 Å². The van der Waals surface area contributed by atoms with Crippen molar-refractivity contribution >= 4 is 15.9 Å². The summed E-state index contributed by atoms with van der Waals surface area (Å²) in [7, 11) is -2.04. The molecule has 1 atom stereocenters. The van der Waals surface area contributed by atoms with Gasteiger partial charge >= 0.3 is 0 Å². The first-order valence-electron chi connectivity index (χ1n) is 11.7. The molecule has 2 saturated heterocycles. The van der Waals surface area contributed by atoms with E-state index < -0.39 is 10.0 Å². The minimum absolute atomic E-state index is 0.0415. The molecule has 2 aliphatic rings. The number of methoxy groups -OCH3 is 1. The molecule has 4 rings (SSSR count). The van der Waals surface area contributed by atoms with Crippen LogP contribution in [0.3, 0.4) is 0 Å². The Labute approximate surface area is 201 Å². The van der Waals surface area contributed by atoms with Crippen LogP contribution in [-0.4, -0.2) is 58.1 Å². The molecule has 0 aliphatic carbocycles. The maximum absolute atomic E-state index is 12.9. The Balaban J connectivity index is 1.22. The third kappa shape index (κ3) is 6.08. The molecule has 2 aliphatic heterocycles. The molecule has 1 unspecified atom stereocenters. The molecule has 184 valence electrons. The summed E-state index contributed by atoms with van der Waals surface area (Å²) in [6.07, 6.45) is 3.30. The van der Waals surface area contributed by atoms with E-state index in [4.69, 9.17) is 14.2 Å². The van der Waals surface area contributed by atoms with Crippen molar-refractivity contribution < 1.29 is 27.4 Å². The van der Waals surface area contributed by atoms with Crippen molar-refractivity contribution in [1.29, 1.82) is 0 Å². The van der Waals surface area contributed by atoms with E-state index in [1.165, 1.54) is 11.4 Å². The summed E-state index contributed by atoms with van der Waals surface area (Å²) in [6.45, 7) is 2.44. The van der Waals surface area contributed by atoms with Crippen molar-refractivity contribution in [2.24, 2.45) is 5.92 Å². The predicted octanol–water partition coefficient (Wildman–Crippen LogP) is 2.97. The minimum Gasteiger partial charge on any atom is -0.497 e. The second kappa shape index (κ2) is 11.2. The molecule has 2 fully saturated rings. The standard InChI is InChI=1S/C25H32N2O6S/c1-31-21-8-10-24(11-9-21)34(29,30)27-14-12-20(13-15-27)25(28)26-17-19-4-6-22(7-5-19)33-18-23-3-2-16-32-23/h4-11,20,23H,2-3,12-18H2,1H3,(H,26,28). The van der Waals surface area contributed by atoms with Crippen molar-refractivity contribution in [3.05, 3.63) is 54.1 Å². The number of carbonyl (C=O) groups is 1. The Morgan fingerprint density at radius 3 is 2.32 bits per heavy atom. The van der Waals surface area contributed by atoms with Crippen LogP contribution < -0.4 is 14.8 Å². The molecule has 1 amide bonds. The van der Waals surface area contributed by atoms with Gasteiger partial charge in [0, 0.05) is 32.2 Å². The maximum atomic E-state index is 12.9. The number of ether oxygens (including phenoxy) is 3. The van der Waals surface area contributed by atoms with Gasteiger partial charge in [0.25, 0.3) is 0 Å². The Bertz CT molecular complexity index is 1040. The van der Waals surface area contributed by atoms with Crippen molar-refractivity contribution in [2.75, 3.05) is 33.4 Å². The van der Waals surface area contributed by atoms with Gasteiger partial charge in [0.05, 0.1) is 18.1 Å². The third-order valence-electron chi connectivity index (χ3n) is 6.37. The summed E-state index contributed by atoms with van der Waals surface area (Å²) < 4.78 is 43.7. The van der Waals surface area contributed by atoms with E-state index in [1.54, 1.807) is 24.3 Å². The molecule has 8 nitrogen and oxygen atoms in total. The molecule has 1 N–H and O–H groups in total. The summed E-state index contributed by atoms with van der Waals surface area (Å²) in [4.78, 5) is 12.9. The number of carbonyl (C=O) groups excluding carboxylic acids is 1. The van der Waals surface area contributed by atoms with Gasteiger partial charge in [-0.15, -0.1) is 0 Å². The lowest BCUT2D eigenvalue weighted by atomic mass is 9.97. The highest BCUT2D eigenvalue weighted by atomic mass is 32.2. The fraction of sp³-hybridized carbons (Fsp3) is 0.480. The molecular formula is C25H32N2O6S. The summed E-state index contributed by atoms with van der Waals surface area (Å²) in [5, 5.41) is 2.98. The third-order valence-corrected chi connectivity index (χ3v) is 8.28. The molecule has 0 bridgehead atoms. The largest absolute Gasteiger partial charge is 0.497 e. The fourth-order valence-corrected chi connectivity index (χ4v) is 5.73. The van der Waals surface area contributed by atoms with Crippen molar-refractivity contribution in [3.8, 4) is 11.5 Å². The SMILES string of the molecule is COc1ccc(S(=O)(=O)N2CCC(C(=O)NCc3ccc(OCC4CCCO4)cc3)CC2)cc1. The molecule has 2 heterocycles. The van der Waals surface area contributed by atoms with Crippen molar-refractivity contribution in [2.45, 2.75) is 43.2 Å². The van der Waals surface area contributed by atoms with Crippen LogP contribution in [0, 0.1) is 5.92 Å². The fourth-order valence-electron chi connectivity index (χ4n) is 4.26. The highest BCUT2D eigenvalue weighted by molar-refractivity contribution is 7.89. The topological polar surface area (TPSA) is 94.2 Å². The molecule has 34 heavy (non-hydrogen) atoms. The first kappa shape index (κ1) is 24.5. The van der Waals surface area contributed by atoms with Crippen LogP contribution in [0.25, 0.3) is 0 Å². The number of hydrogen-bond donors (Lipinski definition) is 1. The molecular weight excluding hydrogens is 456 g/mol. The van der Waals surface area contributed by atoms with Gasteiger partial charge in [-0.3, -0.25) is 4.79 Å². The molecule has 9 heteroatoms. The Hall–Kier alpha value is -2.62. The minimum atomic E-state index is -3.58. The second-order valence-electron chi connectivity index (χ2n) is 8.66. The summed E-state index contributed by atoms with van der Waals surface area (Å²) in [5.41, 5.74) is 0.984. The molecule has 0 radical (unpaired) electrons. The zero-order valence-electron chi connectivity index (χ0n) is 19.4. The average Bonchev–Trinajstić information content (AvgIpc) is 3.40. The molecule has 0 saturated carbocycles. The van der Waals surface area contributed by atoms with Crippen LogP contribution in [-0.2, 0) is 26.1 Å². The van der Waals surface area contributed by atoms with Gasteiger partial charge in [0.15, 0.2) is 0 Å². The van der Waals surface area contributed by atoms with E-state index in [2.05, 4.69) is 5.32 Å². The Morgan fingerprint density at radius 1 is 1.03 bits per heavy atom. The first-order chi connectivity index (χ1) is 16.5. The van der Waals surface area contributed by atoms with E-state index in [9.17, 15) is 13.2 Å². The van der Waals surface area contributed by atoms with Crippen molar-refractivity contribution in [3.63, 3.8) is 0 Å².